The van der Waals surface area contributed by atoms with Gasteiger partial charge in [0.2, 0.25) is 0 Å². The van der Waals surface area contributed by atoms with Crippen LogP contribution in [0.1, 0.15) is 15.9 Å². The van der Waals surface area contributed by atoms with Crippen LogP contribution in [0.25, 0.3) is 0 Å². The molecule has 0 bridgehead atoms. The van der Waals surface area contributed by atoms with E-state index in [1.54, 1.807) is 0 Å². The first kappa shape index (κ1) is 14.0. The largest absolute Gasteiger partial charge is 0.477 e. The number of ether oxygens (including phenoxy) is 1. The van der Waals surface area contributed by atoms with Crippen LogP contribution in [0.15, 0.2) is 40.9 Å². The van der Waals surface area contributed by atoms with Gasteiger partial charge in [-0.3, -0.25) is 0 Å². The van der Waals surface area contributed by atoms with Crippen molar-refractivity contribution >= 4 is 21.9 Å². The van der Waals surface area contributed by atoms with E-state index in [0.717, 1.165) is 6.07 Å². The molecule has 0 aliphatic carbocycles. The van der Waals surface area contributed by atoms with Gasteiger partial charge in [-0.25, -0.2) is 9.18 Å². The molecule has 2 aromatic rings. The Bertz CT molecular complexity index is 725. The quantitative estimate of drug-likeness (QED) is 0.921. The zero-order valence-corrected chi connectivity index (χ0v) is 11.5. The van der Waals surface area contributed by atoms with Crippen LogP contribution in [0.2, 0.25) is 0 Å². The molecule has 6 heteroatoms. The van der Waals surface area contributed by atoms with E-state index in [4.69, 9.17) is 15.1 Å². The second-order valence-electron chi connectivity index (χ2n) is 3.78. The van der Waals surface area contributed by atoms with Gasteiger partial charge in [-0.15, -0.1) is 0 Å². The number of hydrogen-bond acceptors (Lipinski definition) is 3. The van der Waals surface area contributed by atoms with Gasteiger partial charge in [0.25, 0.3) is 0 Å². The second kappa shape index (κ2) is 5.72. The lowest BCUT2D eigenvalue weighted by atomic mass is 10.2. The van der Waals surface area contributed by atoms with Crippen LogP contribution in [0.4, 0.5) is 4.39 Å². The fourth-order valence-electron chi connectivity index (χ4n) is 1.57. The third-order valence-electron chi connectivity index (χ3n) is 2.47. The average molecular weight is 336 g/mol. The highest BCUT2D eigenvalue weighted by molar-refractivity contribution is 9.10. The number of carbonyl (C=O) groups is 1. The predicted molar refractivity (Wildman–Crippen MR) is 72.3 cm³/mol. The minimum atomic E-state index is -1.41. The Labute approximate surface area is 122 Å². The fraction of sp³-hybridized carbons (Fsp3) is 0. The van der Waals surface area contributed by atoms with Gasteiger partial charge in [0.1, 0.15) is 22.9 Å². The summed E-state index contributed by atoms with van der Waals surface area (Å²) in [7, 11) is 0. The summed E-state index contributed by atoms with van der Waals surface area (Å²) in [5, 5.41) is 17.8. The predicted octanol–water partition coefficient (Wildman–Crippen LogP) is 3.95. The molecule has 0 amide bonds. The van der Waals surface area contributed by atoms with E-state index in [0.29, 0.717) is 10.0 Å². The summed E-state index contributed by atoms with van der Waals surface area (Å²) in [6, 6.07) is 10.3. The molecule has 0 aliphatic heterocycles. The molecule has 2 rings (SSSR count). The number of benzene rings is 2. The minimum Gasteiger partial charge on any atom is -0.477 e. The molecule has 0 saturated heterocycles. The summed E-state index contributed by atoms with van der Waals surface area (Å²) in [6.45, 7) is 0. The monoisotopic (exact) mass is 335 g/mol. The maximum Gasteiger partial charge on any atom is 0.342 e. The van der Waals surface area contributed by atoms with Crippen LogP contribution < -0.4 is 4.74 Å². The molecular formula is C14H7BrFNO3. The molecule has 0 heterocycles. The minimum absolute atomic E-state index is 0.108. The molecule has 100 valence electrons. The molecule has 2 aromatic carbocycles. The highest BCUT2D eigenvalue weighted by Crippen LogP contribution is 2.33. The van der Waals surface area contributed by atoms with Gasteiger partial charge in [0.05, 0.1) is 16.1 Å². The van der Waals surface area contributed by atoms with E-state index in [2.05, 4.69) is 15.9 Å². The lowest BCUT2D eigenvalue weighted by Crippen LogP contribution is -2.03. The lowest BCUT2D eigenvalue weighted by Gasteiger charge is -2.10. The van der Waals surface area contributed by atoms with Crippen molar-refractivity contribution in [2.75, 3.05) is 0 Å². The summed E-state index contributed by atoms with van der Waals surface area (Å²) in [4.78, 5) is 11.0. The van der Waals surface area contributed by atoms with E-state index in [-0.39, 0.29) is 11.5 Å². The molecule has 0 aromatic heterocycles. The summed E-state index contributed by atoms with van der Waals surface area (Å²) >= 11 is 3.21. The van der Waals surface area contributed by atoms with Gasteiger partial charge in [-0.05, 0) is 46.3 Å². The number of carboxylic acid groups (broad SMARTS) is 1. The number of rotatable bonds is 3. The van der Waals surface area contributed by atoms with Crippen molar-refractivity contribution in [3.05, 3.63) is 57.8 Å². The normalized spacial score (nSPS) is 9.85. The molecule has 20 heavy (non-hydrogen) atoms. The summed E-state index contributed by atoms with van der Waals surface area (Å²) in [5.74, 6) is -2.11. The highest BCUT2D eigenvalue weighted by Gasteiger charge is 2.18. The Hall–Kier alpha value is -2.39. The molecule has 0 spiro atoms. The van der Waals surface area contributed by atoms with Gasteiger partial charge < -0.3 is 9.84 Å². The molecule has 1 N–H and O–H groups in total. The van der Waals surface area contributed by atoms with Crippen LogP contribution in [0.3, 0.4) is 0 Å². The molecule has 0 saturated carbocycles. The maximum absolute atomic E-state index is 13.5. The second-order valence-corrected chi connectivity index (χ2v) is 4.63. The van der Waals surface area contributed by atoms with Crippen LogP contribution in [-0.4, -0.2) is 11.1 Å². The van der Waals surface area contributed by atoms with Crippen LogP contribution in [-0.2, 0) is 0 Å². The number of aromatic carboxylic acids is 1. The van der Waals surface area contributed by atoms with E-state index in [1.807, 2.05) is 6.07 Å². The van der Waals surface area contributed by atoms with Gasteiger partial charge in [-0.1, -0.05) is 6.07 Å². The van der Waals surface area contributed by atoms with Crippen molar-refractivity contribution in [1.82, 2.24) is 0 Å². The van der Waals surface area contributed by atoms with Crippen molar-refractivity contribution in [2.24, 2.45) is 0 Å². The first-order chi connectivity index (χ1) is 9.52. The summed E-state index contributed by atoms with van der Waals surface area (Å²) in [5.41, 5.74) is -0.120. The molecule has 4 nitrogen and oxygen atoms in total. The molecular weight excluding hydrogens is 329 g/mol. The first-order valence-electron chi connectivity index (χ1n) is 5.42. The van der Waals surface area contributed by atoms with Gasteiger partial charge in [-0.2, -0.15) is 5.26 Å². The number of halogens is 2. The zero-order valence-electron chi connectivity index (χ0n) is 9.93. The average Bonchev–Trinajstić information content (AvgIpc) is 2.40. The Morgan fingerprint density at radius 2 is 2.05 bits per heavy atom. The van der Waals surface area contributed by atoms with E-state index < -0.39 is 17.3 Å². The van der Waals surface area contributed by atoms with Gasteiger partial charge in [0.15, 0.2) is 0 Å². The zero-order chi connectivity index (χ0) is 14.7. The van der Waals surface area contributed by atoms with Crippen molar-refractivity contribution in [1.29, 1.82) is 5.26 Å². The third kappa shape index (κ3) is 2.78. The third-order valence-corrected chi connectivity index (χ3v) is 3.09. The van der Waals surface area contributed by atoms with Crippen LogP contribution in [0, 0.1) is 17.1 Å². The number of nitrogens with zero attached hydrogens (tertiary/aromatic N) is 1. The van der Waals surface area contributed by atoms with Crippen molar-refractivity contribution in [3.63, 3.8) is 0 Å². The number of hydrogen-bond donors (Lipinski definition) is 1. The van der Waals surface area contributed by atoms with E-state index in [1.165, 1.54) is 30.3 Å². The Balaban J connectivity index is 2.43. The fourth-order valence-corrected chi connectivity index (χ4v) is 2.03. The lowest BCUT2D eigenvalue weighted by molar-refractivity contribution is 0.0689. The summed E-state index contributed by atoms with van der Waals surface area (Å²) in [6.07, 6.45) is 0. The molecule has 0 atom stereocenters. The standard InChI is InChI=1S/C14H7BrFNO3/c15-9-6-8(7-17)4-5-11(9)20-12-3-1-2-10(16)13(12)14(18)19/h1-6H,(H,18,19). The molecule has 0 radical (unpaired) electrons. The molecule has 0 fully saturated rings. The first-order valence-corrected chi connectivity index (χ1v) is 6.21. The van der Waals surface area contributed by atoms with Crippen molar-refractivity contribution < 1.29 is 19.0 Å². The maximum atomic E-state index is 13.5. The Morgan fingerprint density at radius 3 is 2.65 bits per heavy atom. The summed E-state index contributed by atoms with van der Waals surface area (Å²) < 4.78 is 19.4. The molecule has 0 aliphatic rings. The number of nitriles is 1. The van der Waals surface area contributed by atoms with E-state index >= 15 is 0 Å². The van der Waals surface area contributed by atoms with Crippen LogP contribution >= 0.6 is 15.9 Å². The van der Waals surface area contributed by atoms with E-state index in [9.17, 15) is 9.18 Å². The van der Waals surface area contributed by atoms with Gasteiger partial charge in [0, 0.05) is 0 Å². The number of carboxylic acids is 1. The topological polar surface area (TPSA) is 70.3 Å². The van der Waals surface area contributed by atoms with Gasteiger partial charge >= 0.3 is 5.97 Å². The van der Waals surface area contributed by atoms with Crippen molar-refractivity contribution in [2.45, 2.75) is 0 Å². The Morgan fingerprint density at radius 1 is 1.30 bits per heavy atom. The molecule has 0 unspecified atom stereocenters. The smallest absolute Gasteiger partial charge is 0.342 e. The Kier molecular flexibility index (Phi) is 4.01. The highest BCUT2D eigenvalue weighted by atomic mass is 79.9. The van der Waals surface area contributed by atoms with Crippen LogP contribution in [0.5, 0.6) is 11.5 Å². The van der Waals surface area contributed by atoms with Crippen molar-refractivity contribution in [3.8, 4) is 17.6 Å². The SMILES string of the molecule is N#Cc1ccc(Oc2cccc(F)c2C(=O)O)c(Br)c1.